The van der Waals surface area contributed by atoms with Gasteiger partial charge in [-0.15, -0.1) is 0 Å². The summed E-state index contributed by atoms with van der Waals surface area (Å²) in [5.74, 6) is -1.39. The Hall–Kier alpha value is -2.11. The van der Waals surface area contributed by atoms with E-state index in [0.717, 1.165) is 12.8 Å². The van der Waals surface area contributed by atoms with Gasteiger partial charge < -0.3 is 10.0 Å². The molecule has 1 N–H and O–H groups in total. The van der Waals surface area contributed by atoms with Crippen LogP contribution in [0.3, 0.4) is 0 Å². The Balaban J connectivity index is 2.94. The minimum absolute atomic E-state index is 0.0203. The summed E-state index contributed by atoms with van der Waals surface area (Å²) in [6.45, 7) is 4.72. The highest BCUT2D eigenvalue weighted by Gasteiger charge is 2.18. The Kier molecular flexibility index (Phi) is 5.96. The third-order valence-electron chi connectivity index (χ3n) is 3.10. The lowest BCUT2D eigenvalue weighted by molar-refractivity contribution is -0.384. The van der Waals surface area contributed by atoms with Gasteiger partial charge in [-0.2, -0.15) is 0 Å². The Morgan fingerprint density at radius 3 is 2.75 bits per heavy atom. The molecule has 0 saturated heterocycles. The Morgan fingerprint density at radius 2 is 2.20 bits per heavy atom. The number of unbranched alkanes of at least 4 members (excludes halogenated alkanes) is 1. The number of benzene rings is 1. The van der Waals surface area contributed by atoms with Crippen molar-refractivity contribution in [3.63, 3.8) is 0 Å². The van der Waals surface area contributed by atoms with Gasteiger partial charge in [0, 0.05) is 30.9 Å². The van der Waals surface area contributed by atoms with E-state index in [-0.39, 0.29) is 5.69 Å². The van der Waals surface area contributed by atoms with Crippen LogP contribution in [0.5, 0.6) is 0 Å². The summed E-state index contributed by atoms with van der Waals surface area (Å²) in [7, 11) is 0. The number of nitrogens with zero attached hydrogens (tertiary/aromatic N) is 2. The quantitative estimate of drug-likeness (QED) is 0.584. The number of aliphatic carboxylic acids is 1. The maximum Gasteiger partial charge on any atom is 0.308 e. The van der Waals surface area contributed by atoms with Gasteiger partial charge in [0.2, 0.25) is 0 Å². The molecule has 110 valence electrons. The van der Waals surface area contributed by atoms with E-state index in [4.69, 9.17) is 5.11 Å². The van der Waals surface area contributed by atoms with Gasteiger partial charge in [-0.25, -0.2) is 0 Å². The van der Waals surface area contributed by atoms with Crippen LogP contribution in [0, 0.1) is 16.0 Å². The van der Waals surface area contributed by atoms with Crippen LogP contribution in [0.2, 0.25) is 0 Å². The number of anilines is 1. The molecule has 1 aromatic rings. The van der Waals surface area contributed by atoms with Gasteiger partial charge in [0.15, 0.2) is 0 Å². The van der Waals surface area contributed by atoms with E-state index in [2.05, 4.69) is 0 Å². The van der Waals surface area contributed by atoms with Crippen LogP contribution < -0.4 is 4.90 Å². The zero-order valence-corrected chi connectivity index (χ0v) is 11.8. The first-order valence-electron chi connectivity index (χ1n) is 6.68. The van der Waals surface area contributed by atoms with Gasteiger partial charge in [0.05, 0.1) is 10.8 Å². The summed E-state index contributed by atoms with van der Waals surface area (Å²) in [6, 6.07) is 6.32. The van der Waals surface area contributed by atoms with E-state index in [1.807, 2.05) is 11.8 Å². The maximum atomic E-state index is 11.0. The predicted octanol–water partition coefficient (Wildman–Crippen LogP) is 2.92. The molecule has 20 heavy (non-hydrogen) atoms. The molecule has 0 spiro atoms. The number of nitro groups is 1. The number of carboxylic acids is 1. The number of carboxylic acid groups (broad SMARTS) is 1. The molecule has 0 amide bonds. The highest BCUT2D eigenvalue weighted by molar-refractivity contribution is 5.70. The first-order valence-corrected chi connectivity index (χ1v) is 6.68. The van der Waals surface area contributed by atoms with Gasteiger partial charge in [0.25, 0.3) is 5.69 Å². The van der Waals surface area contributed by atoms with E-state index in [0.29, 0.717) is 18.8 Å². The predicted molar refractivity (Wildman–Crippen MR) is 77.0 cm³/mol. The van der Waals surface area contributed by atoms with E-state index in [1.54, 1.807) is 19.1 Å². The van der Waals surface area contributed by atoms with Crippen molar-refractivity contribution < 1.29 is 14.8 Å². The lowest BCUT2D eigenvalue weighted by Crippen LogP contribution is -2.32. The summed E-state index contributed by atoms with van der Waals surface area (Å²) < 4.78 is 0. The summed E-state index contributed by atoms with van der Waals surface area (Å²) in [5.41, 5.74) is 0.715. The second-order valence-corrected chi connectivity index (χ2v) is 4.82. The van der Waals surface area contributed by atoms with Crippen molar-refractivity contribution in [2.24, 2.45) is 5.92 Å². The molecule has 0 heterocycles. The maximum absolute atomic E-state index is 11.0. The third-order valence-corrected chi connectivity index (χ3v) is 3.10. The van der Waals surface area contributed by atoms with Crippen molar-refractivity contribution in [2.75, 3.05) is 18.0 Å². The van der Waals surface area contributed by atoms with Gasteiger partial charge in [-0.1, -0.05) is 26.3 Å². The average Bonchev–Trinajstić information content (AvgIpc) is 2.43. The van der Waals surface area contributed by atoms with Crippen LogP contribution in [0.1, 0.15) is 26.7 Å². The van der Waals surface area contributed by atoms with Crippen LogP contribution in [0.15, 0.2) is 24.3 Å². The zero-order valence-electron chi connectivity index (χ0n) is 11.8. The topological polar surface area (TPSA) is 83.7 Å². The molecule has 6 heteroatoms. The first kappa shape index (κ1) is 15.9. The van der Waals surface area contributed by atoms with Crippen molar-refractivity contribution in [1.29, 1.82) is 0 Å². The molecular weight excluding hydrogens is 260 g/mol. The van der Waals surface area contributed by atoms with Crippen molar-refractivity contribution in [1.82, 2.24) is 0 Å². The van der Waals surface area contributed by atoms with Gasteiger partial charge in [0.1, 0.15) is 0 Å². The smallest absolute Gasteiger partial charge is 0.308 e. The van der Waals surface area contributed by atoms with Crippen LogP contribution in [0.4, 0.5) is 11.4 Å². The fraction of sp³-hybridized carbons (Fsp3) is 0.500. The van der Waals surface area contributed by atoms with Gasteiger partial charge >= 0.3 is 5.97 Å². The van der Waals surface area contributed by atoms with Crippen LogP contribution in [-0.2, 0) is 4.79 Å². The van der Waals surface area contributed by atoms with E-state index in [9.17, 15) is 14.9 Å². The van der Waals surface area contributed by atoms with Crippen LogP contribution in [0.25, 0.3) is 0 Å². The van der Waals surface area contributed by atoms with E-state index in [1.165, 1.54) is 12.1 Å². The Morgan fingerprint density at radius 1 is 1.50 bits per heavy atom. The number of carbonyl (C=O) groups is 1. The fourth-order valence-electron chi connectivity index (χ4n) is 1.89. The molecule has 0 radical (unpaired) electrons. The summed E-state index contributed by atoms with van der Waals surface area (Å²) in [6.07, 6.45) is 1.89. The largest absolute Gasteiger partial charge is 0.481 e. The SMILES string of the molecule is CCCCN(CC(C)C(=O)O)c1cccc([N+](=O)[O-])c1. The summed E-state index contributed by atoms with van der Waals surface area (Å²) >= 11 is 0. The highest BCUT2D eigenvalue weighted by Crippen LogP contribution is 2.22. The minimum Gasteiger partial charge on any atom is -0.481 e. The fourth-order valence-corrected chi connectivity index (χ4v) is 1.89. The summed E-state index contributed by atoms with van der Waals surface area (Å²) in [4.78, 5) is 23.2. The second-order valence-electron chi connectivity index (χ2n) is 4.82. The van der Waals surface area contributed by atoms with Gasteiger partial charge in [-0.05, 0) is 12.5 Å². The lowest BCUT2D eigenvalue weighted by Gasteiger charge is -2.26. The molecule has 1 unspecified atom stereocenters. The second kappa shape index (κ2) is 7.47. The molecule has 1 aromatic carbocycles. The molecule has 0 aromatic heterocycles. The third kappa shape index (κ3) is 4.53. The van der Waals surface area contributed by atoms with Crippen molar-refractivity contribution in [3.8, 4) is 0 Å². The van der Waals surface area contributed by atoms with E-state index < -0.39 is 16.8 Å². The highest BCUT2D eigenvalue weighted by atomic mass is 16.6. The van der Waals surface area contributed by atoms with Crippen LogP contribution in [-0.4, -0.2) is 29.1 Å². The first-order chi connectivity index (χ1) is 9.45. The van der Waals surface area contributed by atoms with E-state index >= 15 is 0 Å². The van der Waals surface area contributed by atoms with Crippen molar-refractivity contribution >= 4 is 17.3 Å². The number of rotatable bonds is 8. The van der Waals surface area contributed by atoms with Crippen molar-refractivity contribution in [3.05, 3.63) is 34.4 Å². The number of hydrogen-bond donors (Lipinski definition) is 1. The lowest BCUT2D eigenvalue weighted by atomic mass is 10.1. The Labute approximate surface area is 118 Å². The molecule has 0 bridgehead atoms. The summed E-state index contributed by atoms with van der Waals surface area (Å²) in [5, 5.41) is 19.8. The van der Waals surface area contributed by atoms with Crippen LogP contribution >= 0.6 is 0 Å². The molecule has 0 aliphatic rings. The molecule has 0 saturated carbocycles. The normalized spacial score (nSPS) is 11.9. The number of hydrogen-bond acceptors (Lipinski definition) is 4. The van der Waals surface area contributed by atoms with Crippen molar-refractivity contribution in [2.45, 2.75) is 26.7 Å². The molecular formula is C14H20N2O4. The average molecular weight is 280 g/mol. The number of nitro benzene ring substituents is 1. The standard InChI is InChI=1S/C14H20N2O4/c1-3-4-8-15(10-11(2)14(17)18)12-6-5-7-13(9-12)16(19)20/h5-7,9,11H,3-4,8,10H2,1-2H3,(H,17,18). The molecule has 0 aliphatic carbocycles. The molecule has 1 atom stereocenters. The van der Waals surface area contributed by atoms with Gasteiger partial charge in [-0.3, -0.25) is 14.9 Å². The number of non-ortho nitro benzene ring substituents is 1. The molecule has 0 aliphatic heterocycles. The minimum atomic E-state index is -0.864. The molecule has 1 rings (SSSR count). The molecule has 6 nitrogen and oxygen atoms in total. The Bertz CT molecular complexity index is 476. The monoisotopic (exact) mass is 280 g/mol. The molecule has 0 fully saturated rings. The zero-order chi connectivity index (χ0) is 15.1.